The van der Waals surface area contributed by atoms with Crippen LogP contribution in [-0.2, 0) is 0 Å². The van der Waals surface area contributed by atoms with Gasteiger partial charge in [0.05, 0.1) is 11.3 Å². The average molecular weight is 260 g/mol. The number of nitrogens with two attached hydrogens (primary N) is 1. The first-order chi connectivity index (χ1) is 9.15. The SMILES string of the molecule is Nc1ccc(N2CCC3CCCC2C3)c(C(=O)O)c1. The van der Waals surface area contributed by atoms with Crippen molar-refractivity contribution in [2.75, 3.05) is 17.2 Å². The average Bonchev–Trinajstić information content (AvgIpc) is 2.40. The fourth-order valence-electron chi connectivity index (χ4n) is 3.60. The van der Waals surface area contributed by atoms with E-state index in [1.165, 1.54) is 32.1 Å². The van der Waals surface area contributed by atoms with Gasteiger partial charge < -0.3 is 15.7 Å². The van der Waals surface area contributed by atoms with Gasteiger partial charge >= 0.3 is 5.97 Å². The molecule has 102 valence electrons. The molecule has 1 aromatic rings. The van der Waals surface area contributed by atoms with E-state index >= 15 is 0 Å². The first-order valence-electron chi connectivity index (χ1n) is 7.04. The highest BCUT2D eigenvalue weighted by Gasteiger charge is 2.33. The zero-order valence-electron chi connectivity index (χ0n) is 11.0. The third kappa shape index (κ3) is 2.27. The predicted molar refractivity (Wildman–Crippen MR) is 75.5 cm³/mol. The van der Waals surface area contributed by atoms with E-state index in [9.17, 15) is 9.90 Å². The lowest BCUT2D eigenvalue weighted by molar-refractivity contribution is 0.0697. The number of carboxylic acids is 1. The van der Waals surface area contributed by atoms with Gasteiger partial charge in [-0.25, -0.2) is 4.79 Å². The summed E-state index contributed by atoms with van der Waals surface area (Å²) in [6, 6.07) is 5.76. The number of fused-ring (bicyclic) bond motifs is 2. The van der Waals surface area contributed by atoms with Crippen LogP contribution in [0.2, 0.25) is 0 Å². The predicted octanol–water partition coefficient (Wildman–Crippen LogP) is 2.74. The van der Waals surface area contributed by atoms with Crippen LogP contribution in [-0.4, -0.2) is 23.7 Å². The Bertz CT molecular complexity index is 501. The van der Waals surface area contributed by atoms with Crippen molar-refractivity contribution in [2.24, 2.45) is 5.92 Å². The number of nitrogens with zero attached hydrogens (tertiary/aromatic N) is 1. The van der Waals surface area contributed by atoms with Crippen LogP contribution in [0, 0.1) is 5.92 Å². The molecule has 4 nitrogen and oxygen atoms in total. The van der Waals surface area contributed by atoms with Gasteiger partial charge in [-0.05, 0) is 43.4 Å². The summed E-state index contributed by atoms with van der Waals surface area (Å²) in [7, 11) is 0. The summed E-state index contributed by atoms with van der Waals surface area (Å²) in [5, 5.41) is 9.36. The number of nitrogen functional groups attached to an aromatic ring is 1. The molecule has 2 aliphatic rings. The van der Waals surface area contributed by atoms with Gasteiger partial charge in [-0.3, -0.25) is 0 Å². The first kappa shape index (κ1) is 12.3. The second-order valence-electron chi connectivity index (χ2n) is 5.75. The van der Waals surface area contributed by atoms with E-state index < -0.39 is 5.97 Å². The maximum atomic E-state index is 11.4. The summed E-state index contributed by atoms with van der Waals surface area (Å²) < 4.78 is 0. The molecule has 0 spiro atoms. The van der Waals surface area contributed by atoms with Gasteiger partial charge in [-0.2, -0.15) is 0 Å². The molecular weight excluding hydrogens is 240 g/mol. The van der Waals surface area contributed by atoms with E-state index in [1.807, 2.05) is 6.07 Å². The number of hydrogen-bond acceptors (Lipinski definition) is 3. The highest BCUT2D eigenvalue weighted by atomic mass is 16.4. The van der Waals surface area contributed by atoms with Crippen molar-refractivity contribution < 1.29 is 9.90 Å². The largest absolute Gasteiger partial charge is 0.478 e. The summed E-state index contributed by atoms with van der Waals surface area (Å²) in [5.41, 5.74) is 7.40. The van der Waals surface area contributed by atoms with E-state index in [-0.39, 0.29) is 0 Å². The third-order valence-electron chi connectivity index (χ3n) is 4.53. The Morgan fingerprint density at radius 1 is 1.32 bits per heavy atom. The van der Waals surface area contributed by atoms with Gasteiger partial charge in [-0.15, -0.1) is 0 Å². The quantitative estimate of drug-likeness (QED) is 0.802. The zero-order chi connectivity index (χ0) is 13.4. The molecular formula is C15H20N2O2. The zero-order valence-corrected chi connectivity index (χ0v) is 11.0. The van der Waals surface area contributed by atoms with Gasteiger partial charge in [0.1, 0.15) is 0 Å². The van der Waals surface area contributed by atoms with Crippen molar-refractivity contribution in [3.05, 3.63) is 23.8 Å². The molecule has 1 aromatic carbocycles. The smallest absolute Gasteiger partial charge is 0.337 e. The molecule has 2 unspecified atom stereocenters. The summed E-state index contributed by atoms with van der Waals surface area (Å²) in [6.07, 6.45) is 6.18. The molecule has 3 N–H and O–H groups in total. The second-order valence-corrected chi connectivity index (χ2v) is 5.75. The molecule has 1 saturated heterocycles. The molecule has 3 rings (SSSR count). The van der Waals surface area contributed by atoms with Crippen molar-refractivity contribution in [3.8, 4) is 0 Å². The lowest BCUT2D eigenvalue weighted by atomic mass is 9.79. The normalized spacial score (nSPS) is 26.2. The van der Waals surface area contributed by atoms with E-state index in [0.717, 1.165) is 18.2 Å². The summed E-state index contributed by atoms with van der Waals surface area (Å²) in [4.78, 5) is 13.7. The highest BCUT2D eigenvalue weighted by molar-refractivity contribution is 5.95. The maximum absolute atomic E-state index is 11.4. The molecule has 19 heavy (non-hydrogen) atoms. The third-order valence-corrected chi connectivity index (χ3v) is 4.53. The summed E-state index contributed by atoms with van der Waals surface area (Å²) in [6.45, 7) is 0.972. The fraction of sp³-hybridized carbons (Fsp3) is 0.533. The van der Waals surface area contributed by atoms with Gasteiger partial charge in [0.2, 0.25) is 0 Å². The van der Waals surface area contributed by atoms with Crippen LogP contribution in [0.4, 0.5) is 11.4 Å². The minimum Gasteiger partial charge on any atom is -0.478 e. The molecule has 0 radical (unpaired) electrons. The number of benzene rings is 1. The van der Waals surface area contributed by atoms with E-state index in [4.69, 9.17) is 5.73 Å². The Morgan fingerprint density at radius 3 is 2.95 bits per heavy atom. The molecule has 4 heteroatoms. The van der Waals surface area contributed by atoms with E-state index in [0.29, 0.717) is 17.3 Å². The monoisotopic (exact) mass is 260 g/mol. The number of aromatic carboxylic acids is 1. The molecule has 2 bridgehead atoms. The molecule has 1 aliphatic carbocycles. The van der Waals surface area contributed by atoms with Crippen LogP contribution in [0.5, 0.6) is 0 Å². The lowest BCUT2D eigenvalue weighted by Crippen LogP contribution is -2.45. The minimum atomic E-state index is -0.889. The van der Waals surface area contributed by atoms with Crippen molar-refractivity contribution in [3.63, 3.8) is 0 Å². The molecule has 2 atom stereocenters. The van der Waals surface area contributed by atoms with Gasteiger partial charge in [-0.1, -0.05) is 12.8 Å². The van der Waals surface area contributed by atoms with E-state index in [1.54, 1.807) is 12.1 Å². The summed E-state index contributed by atoms with van der Waals surface area (Å²) in [5.74, 6) is -0.0442. The minimum absolute atomic E-state index is 0.337. The number of carbonyl (C=O) groups is 1. The number of carboxylic acid groups (broad SMARTS) is 1. The number of hydrogen-bond donors (Lipinski definition) is 2. The Kier molecular flexibility index (Phi) is 3.09. The number of piperidine rings is 1. The summed E-state index contributed by atoms with van der Waals surface area (Å²) >= 11 is 0. The van der Waals surface area contributed by atoms with Crippen molar-refractivity contribution in [2.45, 2.75) is 38.1 Å². The van der Waals surface area contributed by atoms with Crippen LogP contribution in [0.3, 0.4) is 0 Å². The Hall–Kier alpha value is -1.71. The first-order valence-corrected chi connectivity index (χ1v) is 7.04. The fourth-order valence-corrected chi connectivity index (χ4v) is 3.60. The number of anilines is 2. The van der Waals surface area contributed by atoms with Crippen LogP contribution >= 0.6 is 0 Å². The van der Waals surface area contributed by atoms with Gasteiger partial charge in [0, 0.05) is 18.3 Å². The Labute approximate surface area is 113 Å². The molecule has 1 saturated carbocycles. The Morgan fingerprint density at radius 2 is 2.16 bits per heavy atom. The second kappa shape index (κ2) is 4.76. The van der Waals surface area contributed by atoms with Crippen molar-refractivity contribution in [1.82, 2.24) is 0 Å². The molecule has 2 fully saturated rings. The molecule has 1 aliphatic heterocycles. The van der Waals surface area contributed by atoms with Crippen LogP contribution in [0.15, 0.2) is 18.2 Å². The van der Waals surface area contributed by atoms with Crippen molar-refractivity contribution in [1.29, 1.82) is 0 Å². The lowest BCUT2D eigenvalue weighted by Gasteiger charge is -2.44. The van der Waals surface area contributed by atoms with Crippen LogP contribution < -0.4 is 10.6 Å². The van der Waals surface area contributed by atoms with Gasteiger partial charge in [0.25, 0.3) is 0 Å². The topological polar surface area (TPSA) is 66.6 Å². The van der Waals surface area contributed by atoms with Crippen LogP contribution in [0.25, 0.3) is 0 Å². The maximum Gasteiger partial charge on any atom is 0.337 e. The van der Waals surface area contributed by atoms with E-state index in [2.05, 4.69) is 4.90 Å². The van der Waals surface area contributed by atoms with Gasteiger partial charge in [0.15, 0.2) is 0 Å². The molecule has 1 heterocycles. The van der Waals surface area contributed by atoms with Crippen LogP contribution in [0.1, 0.15) is 42.5 Å². The highest BCUT2D eigenvalue weighted by Crippen LogP contribution is 2.38. The number of rotatable bonds is 2. The van der Waals surface area contributed by atoms with Crippen molar-refractivity contribution >= 4 is 17.3 Å². The molecule has 0 aromatic heterocycles. The Balaban J connectivity index is 1.95. The standard InChI is InChI=1S/C15H20N2O2/c16-11-4-5-14(13(9-11)15(18)19)17-7-6-10-2-1-3-12(17)8-10/h4-5,9-10,12H,1-3,6-8,16H2,(H,18,19). The molecule has 0 amide bonds.